The van der Waals surface area contributed by atoms with Crippen LogP contribution in [-0.2, 0) is 6.42 Å². The monoisotopic (exact) mass is 218 g/mol. The second-order valence-corrected chi connectivity index (χ2v) is 4.71. The highest BCUT2D eigenvalue weighted by Gasteiger charge is 2.19. The van der Waals surface area contributed by atoms with Gasteiger partial charge in [0.15, 0.2) is 0 Å². The van der Waals surface area contributed by atoms with Crippen molar-refractivity contribution in [2.24, 2.45) is 0 Å². The summed E-state index contributed by atoms with van der Waals surface area (Å²) in [6.45, 7) is 5.40. The fourth-order valence-corrected chi connectivity index (χ4v) is 1.76. The van der Waals surface area contributed by atoms with Gasteiger partial charge in [0.1, 0.15) is 0 Å². The van der Waals surface area contributed by atoms with Crippen LogP contribution in [0.15, 0.2) is 24.3 Å². The first-order valence-corrected chi connectivity index (χ1v) is 6.34. The zero-order valence-electron chi connectivity index (χ0n) is 10.1. The van der Waals surface area contributed by atoms with Crippen LogP contribution < -0.4 is 10.6 Å². The minimum absolute atomic E-state index is 0.832. The molecule has 1 saturated carbocycles. The van der Waals surface area contributed by atoms with Gasteiger partial charge in [-0.15, -0.1) is 0 Å². The quantitative estimate of drug-likeness (QED) is 0.683. The summed E-state index contributed by atoms with van der Waals surface area (Å²) in [5.41, 5.74) is 2.76. The second-order valence-electron chi connectivity index (χ2n) is 4.71. The van der Waals surface area contributed by atoms with Crippen molar-refractivity contribution >= 4 is 0 Å². The average molecular weight is 218 g/mol. The Morgan fingerprint density at radius 2 is 1.81 bits per heavy atom. The molecule has 1 fully saturated rings. The fourth-order valence-electron chi connectivity index (χ4n) is 1.76. The Labute approximate surface area is 98.4 Å². The molecule has 2 rings (SSSR count). The molecule has 0 aliphatic heterocycles. The highest BCUT2D eigenvalue weighted by molar-refractivity contribution is 5.21. The first-order chi connectivity index (χ1) is 7.84. The van der Waals surface area contributed by atoms with Gasteiger partial charge in [-0.1, -0.05) is 29.8 Å². The molecule has 1 aliphatic rings. The molecule has 1 aliphatic carbocycles. The summed E-state index contributed by atoms with van der Waals surface area (Å²) in [5.74, 6) is 0. The second kappa shape index (κ2) is 6.02. The van der Waals surface area contributed by atoms with Crippen LogP contribution in [0.25, 0.3) is 0 Å². The third-order valence-electron chi connectivity index (χ3n) is 3.02. The molecule has 0 atom stereocenters. The molecule has 0 unspecified atom stereocenters. The van der Waals surface area contributed by atoms with E-state index in [0.717, 1.165) is 32.1 Å². The molecule has 2 nitrogen and oxygen atoms in total. The van der Waals surface area contributed by atoms with Gasteiger partial charge in [0.2, 0.25) is 0 Å². The zero-order chi connectivity index (χ0) is 11.2. The summed E-state index contributed by atoms with van der Waals surface area (Å²) >= 11 is 0. The lowest BCUT2D eigenvalue weighted by Gasteiger charge is -2.06. The van der Waals surface area contributed by atoms with Crippen molar-refractivity contribution < 1.29 is 0 Å². The number of benzene rings is 1. The van der Waals surface area contributed by atoms with E-state index in [1.807, 2.05) is 0 Å². The molecule has 0 bridgehead atoms. The van der Waals surface area contributed by atoms with Crippen molar-refractivity contribution in [1.29, 1.82) is 0 Å². The van der Waals surface area contributed by atoms with Gasteiger partial charge in [-0.2, -0.15) is 0 Å². The summed E-state index contributed by atoms with van der Waals surface area (Å²) in [6, 6.07) is 9.64. The topological polar surface area (TPSA) is 24.1 Å². The Morgan fingerprint density at radius 3 is 2.50 bits per heavy atom. The molecular weight excluding hydrogens is 196 g/mol. The zero-order valence-corrected chi connectivity index (χ0v) is 10.1. The van der Waals surface area contributed by atoms with E-state index >= 15 is 0 Å². The van der Waals surface area contributed by atoms with E-state index in [9.17, 15) is 0 Å². The van der Waals surface area contributed by atoms with E-state index in [-0.39, 0.29) is 0 Å². The maximum atomic E-state index is 3.50. The predicted octanol–water partition coefficient (Wildman–Crippen LogP) is 1.88. The van der Waals surface area contributed by atoms with Crippen LogP contribution >= 0.6 is 0 Å². The van der Waals surface area contributed by atoms with Crippen LogP contribution in [0.2, 0.25) is 0 Å². The molecule has 88 valence electrons. The van der Waals surface area contributed by atoms with Crippen LogP contribution in [0.5, 0.6) is 0 Å². The summed E-state index contributed by atoms with van der Waals surface area (Å²) in [6.07, 6.45) is 3.89. The van der Waals surface area contributed by atoms with Crippen molar-refractivity contribution in [2.75, 3.05) is 19.6 Å². The van der Waals surface area contributed by atoms with Gasteiger partial charge in [0, 0.05) is 19.1 Å². The summed E-state index contributed by atoms with van der Waals surface area (Å²) < 4.78 is 0. The molecule has 0 amide bonds. The van der Waals surface area contributed by atoms with E-state index in [0.29, 0.717) is 0 Å². The van der Waals surface area contributed by atoms with Gasteiger partial charge >= 0.3 is 0 Å². The van der Waals surface area contributed by atoms with E-state index in [1.165, 1.54) is 24.0 Å². The smallest absolute Gasteiger partial charge is 0.00793 e. The third kappa shape index (κ3) is 4.33. The average Bonchev–Trinajstić information content (AvgIpc) is 3.10. The summed E-state index contributed by atoms with van der Waals surface area (Å²) in [5, 5.41) is 6.97. The minimum atomic E-state index is 0.832. The molecular formula is C14H22N2. The van der Waals surface area contributed by atoms with Gasteiger partial charge in [0.25, 0.3) is 0 Å². The maximum Gasteiger partial charge on any atom is 0.00793 e. The fraction of sp³-hybridized carbons (Fsp3) is 0.571. The normalized spacial score (nSPS) is 15.3. The van der Waals surface area contributed by atoms with Crippen molar-refractivity contribution in [2.45, 2.75) is 32.2 Å². The Morgan fingerprint density at radius 1 is 1.06 bits per heavy atom. The van der Waals surface area contributed by atoms with Crippen molar-refractivity contribution in [3.8, 4) is 0 Å². The minimum Gasteiger partial charge on any atom is -0.315 e. The van der Waals surface area contributed by atoms with Gasteiger partial charge in [-0.05, 0) is 38.3 Å². The lowest BCUT2D eigenvalue weighted by atomic mass is 10.1. The number of hydrogen-bond acceptors (Lipinski definition) is 2. The van der Waals surface area contributed by atoms with E-state index in [1.54, 1.807) is 0 Å². The van der Waals surface area contributed by atoms with Gasteiger partial charge in [-0.3, -0.25) is 0 Å². The van der Waals surface area contributed by atoms with Crippen LogP contribution in [0, 0.1) is 6.92 Å². The molecule has 1 aromatic rings. The van der Waals surface area contributed by atoms with E-state index in [2.05, 4.69) is 41.8 Å². The van der Waals surface area contributed by atoms with Crippen LogP contribution in [0.3, 0.4) is 0 Å². The summed E-state index contributed by atoms with van der Waals surface area (Å²) in [7, 11) is 0. The lowest BCUT2D eigenvalue weighted by molar-refractivity contribution is 0.609. The Hall–Kier alpha value is -0.860. The Balaban J connectivity index is 1.51. The molecule has 1 aromatic carbocycles. The number of rotatable bonds is 7. The first-order valence-electron chi connectivity index (χ1n) is 6.34. The number of nitrogens with one attached hydrogen (secondary N) is 2. The Kier molecular flexibility index (Phi) is 4.37. The molecule has 0 spiro atoms. The summed E-state index contributed by atoms with van der Waals surface area (Å²) in [4.78, 5) is 0. The molecule has 2 heteroatoms. The molecule has 2 N–H and O–H groups in total. The van der Waals surface area contributed by atoms with Crippen LogP contribution in [0.4, 0.5) is 0 Å². The third-order valence-corrected chi connectivity index (χ3v) is 3.02. The van der Waals surface area contributed by atoms with Gasteiger partial charge in [0.05, 0.1) is 0 Å². The maximum absolute atomic E-state index is 3.50. The highest BCUT2D eigenvalue weighted by atomic mass is 15.0. The largest absolute Gasteiger partial charge is 0.315 e. The molecule has 0 radical (unpaired) electrons. The number of hydrogen-bond donors (Lipinski definition) is 2. The van der Waals surface area contributed by atoms with Gasteiger partial charge < -0.3 is 10.6 Å². The highest BCUT2D eigenvalue weighted by Crippen LogP contribution is 2.17. The lowest BCUT2D eigenvalue weighted by Crippen LogP contribution is -2.29. The molecule has 0 saturated heterocycles. The predicted molar refractivity (Wildman–Crippen MR) is 68.8 cm³/mol. The van der Waals surface area contributed by atoms with E-state index in [4.69, 9.17) is 0 Å². The molecule has 0 aromatic heterocycles. The standard InChI is InChI=1S/C14H22N2/c1-12-2-4-13(5-3-12)8-9-15-10-11-16-14-6-7-14/h2-5,14-16H,6-11H2,1H3. The number of aryl methyl sites for hydroxylation is 1. The molecule has 16 heavy (non-hydrogen) atoms. The van der Waals surface area contributed by atoms with Crippen molar-refractivity contribution in [3.05, 3.63) is 35.4 Å². The van der Waals surface area contributed by atoms with Crippen LogP contribution in [-0.4, -0.2) is 25.7 Å². The van der Waals surface area contributed by atoms with Crippen LogP contribution in [0.1, 0.15) is 24.0 Å². The molecule has 0 heterocycles. The van der Waals surface area contributed by atoms with Crippen molar-refractivity contribution in [3.63, 3.8) is 0 Å². The van der Waals surface area contributed by atoms with E-state index < -0.39 is 0 Å². The Bertz CT molecular complexity index is 301. The SMILES string of the molecule is Cc1ccc(CCNCCNC2CC2)cc1. The van der Waals surface area contributed by atoms with Gasteiger partial charge in [-0.25, -0.2) is 0 Å². The van der Waals surface area contributed by atoms with Crippen molar-refractivity contribution in [1.82, 2.24) is 10.6 Å². The first kappa shape index (κ1) is 11.6.